The van der Waals surface area contributed by atoms with Gasteiger partial charge in [-0.2, -0.15) is 0 Å². The van der Waals surface area contributed by atoms with Gasteiger partial charge in [0.25, 0.3) is 5.91 Å². The number of hydrogen-bond donors (Lipinski definition) is 2. The van der Waals surface area contributed by atoms with Crippen molar-refractivity contribution in [2.75, 3.05) is 18.0 Å². The molecule has 3 aromatic rings. The molecule has 2 aliphatic heterocycles. The van der Waals surface area contributed by atoms with Crippen molar-refractivity contribution in [2.24, 2.45) is 0 Å². The van der Waals surface area contributed by atoms with E-state index in [4.69, 9.17) is 9.97 Å². The van der Waals surface area contributed by atoms with Gasteiger partial charge in [0.05, 0.1) is 5.39 Å². The minimum absolute atomic E-state index is 0.209. The van der Waals surface area contributed by atoms with Crippen molar-refractivity contribution in [1.29, 1.82) is 0 Å². The first-order chi connectivity index (χ1) is 16.1. The smallest absolute Gasteiger partial charge is 0.322 e. The number of imide groups is 1. The lowest BCUT2D eigenvalue weighted by atomic mass is 9.87. The van der Waals surface area contributed by atoms with Crippen molar-refractivity contribution in [3.8, 4) is 0 Å². The summed E-state index contributed by atoms with van der Waals surface area (Å²) in [5, 5.41) is 6.44. The number of amides is 3. The summed E-state index contributed by atoms with van der Waals surface area (Å²) in [6.07, 6.45) is 9.76. The number of rotatable bonds is 3. The number of aromatic nitrogens is 2. The van der Waals surface area contributed by atoms with Crippen molar-refractivity contribution in [2.45, 2.75) is 44.1 Å². The standard InChI is InChI=1S/C25H25N5O2S/c31-23-25(29-24(32)28-23)12-14-30(15-13-25)21-20-17-8-4-5-9-18(17)33-22(20)27-19(26-21)11-10-16-6-2-1-3-7-16/h1-3,6-7,10-11H,4-5,8-9,12-15H2,(H2,28,29,31,32). The van der Waals surface area contributed by atoms with Crippen LogP contribution >= 0.6 is 11.3 Å². The van der Waals surface area contributed by atoms with E-state index in [2.05, 4.69) is 27.7 Å². The van der Waals surface area contributed by atoms with E-state index in [0.717, 1.165) is 29.1 Å². The number of carbonyl (C=O) groups is 2. The quantitative estimate of drug-likeness (QED) is 0.580. The third-order valence-corrected chi connectivity index (χ3v) is 8.15. The molecule has 2 aromatic heterocycles. The average molecular weight is 460 g/mol. The van der Waals surface area contributed by atoms with Crippen LogP contribution in [-0.2, 0) is 17.6 Å². The lowest BCUT2D eigenvalue weighted by Gasteiger charge is -2.38. The lowest BCUT2D eigenvalue weighted by Crippen LogP contribution is -2.55. The van der Waals surface area contributed by atoms with E-state index in [9.17, 15) is 9.59 Å². The number of thiophene rings is 1. The molecule has 0 radical (unpaired) electrons. The highest BCUT2D eigenvalue weighted by Gasteiger charge is 2.48. The minimum atomic E-state index is -0.788. The summed E-state index contributed by atoms with van der Waals surface area (Å²) >= 11 is 1.80. The summed E-state index contributed by atoms with van der Waals surface area (Å²) in [5.41, 5.74) is 1.72. The molecule has 0 atom stereocenters. The zero-order chi connectivity index (χ0) is 22.4. The average Bonchev–Trinajstić information content (AvgIpc) is 3.34. The molecule has 3 aliphatic rings. The van der Waals surface area contributed by atoms with E-state index >= 15 is 0 Å². The molecule has 3 amide bonds. The summed E-state index contributed by atoms with van der Waals surface area (Å²) in [7, 11) is 0. The van der Waals surface area contributed by atoms with E-state index in [-0.39, 0.29) is 5.91 Å². The summed E-state index contributed by atoms with van der Waals surface area (Å²) in [4.78, 5) is 38.8. The van der Waals surface area contributed by atoms with Crippen LogP contribution in [0, 0.1) is 0 Å². The number of aryl methyl sites for hydroxylation is 2. The number of carbonyl (C=O) groups excluding carboxylic acids is 2. The fourth-order valence-electron chi connectivity index (χ4n) is 5.17. The fourth-order valence-corrected chi connectivity index (χ4v) is 6.44. The molecule has 2 fully saturated rings. The number of fused-ring (bicyclic) bond motifs is 3. The maximum Gasteiger partial charge on any atom is 0.322 e. The highest BCUT2D eigenvalue weighted by atomic mass is 32.1. The number of hydrogen-bond acceptors (Lipinski definition) is 6. The Morgan fingerprint density at radius 3 is 2.55 bits per heavy atom. The van der Waals surface area contributed by atoms with Gasteiger partial charge in [-0.25, -0.2) is 14.8 Å². The first-order valence-electron chi connectivity index (χ1n) is 11.6. The number of nitrogens with one attached hydrogen (secondary N) is 2. The van der Waals surface area contributed by atoms with Crippen LogP contribution in [0.25, 0.3) is 22.4 Å². The van der Waals surface area contributed by atoms with Gasteiger partial charge in [-0.15, -0.1) is 11.3 Å². The Balaban J connectivity index is 1.38. The highest BCUT2D eigenvalue weighted by Crippen LogP contribution is 2.41. The molecule has 4 heterocycles. The van der Waals surface area contributed by atoms with Crippen molar-refractivity contribution in [3.63, 3.8) is 0 Å². The Bertz CT molecular complexity index is 1270. The molecule has 33 heavy (non-hydrogen) atoms. The zero-order valence-corrected chi connectivity index (χ0v) is 19.1. The van der Waals surface area contributed by atoms with Crippen LogP contribution < -0.4 is 15.5 Å². The SMILES string of the molecule is O=C1NC(=O)C2(CCN(c3nc(C=Cc4ccccc4)nc4sc5c(c34)CCCC5)CC2)N1. The number of urea groups is 1. The Hall–Kier alpha value is -3.26. The maximum atomic E-state index is 12.4. The molecule has 8 heteroatoms. The van der Waals surface area contributed by atoms with E-state index in [1.807, 2.05) is 30.4 Å². The molecule has 168 valence electrons. The summed E-state index contributed by atoms with van der Waals surface area (Å²) in [6.45, 7) is 1.32. The van der Waals surface area contributed by atoms with Crippen LogP contribution in [-0.4, -0.2) is 40.5 Å². The van der Waals surface area contributed by atoms with E-state index in [1.165, 1.54) is 28.7 Å². The number of anilines is 1. The molecule has 1 aromatic carbocycles. The third kappa shape index (κ3) is 3.58. The van der Waals surface area contributed by atoms with Crippen LogP contribution in [0.4, 0.5) is 10.6 Å². The van der Waals surface area contributed by atoms with Gasteiger partial charge in [0, 0.05) is 18.0 Å². The Kier molecular flexibility index (Phi) is 4.90. The fraction of sp³-hybridized carbons (Fsp3) is 0.360. The summed E-state index contributed by atoms with van der Waals surface area (Å²) in [5.74, 6) is 1.46. The van der Waals surface area contributed by atoms with Gasteiger partial charge in [0.2, 0.25) is 0 Å². The van der Waals surface area contributed by atoms with Crippen molar-refractivity contribution in [3.05, 3.63) is 52.2 Å². The molecule has 0 bridgehead atoms. The molecule has 1 aliphatic carbocycles. The minimum Gasteiger partial charge on any atom is -0.356 e. The molecule has 2 saturated heterocycles. The number of benzene rings is 1. The third-order valence-electron chi connectivity index (χ3n) is 6.97. The van der Waals surface area contributed by atoms with Gasteiger partial charge in [-0.3, -0.25) is 10.1 Å². The second-order valence-electron chi connectivity index (χ2n) is 9.02. The van der Waals surface area contributed by atoms with Crippen LogP contribution in [0.5, 0.6) is 0 Å². The monoisotopic (exact) mass is 459 g/mol. The predicted molar refractivity (Wildman–Crippen MR) is 130 cm³/mol. The molecule has 2 N–H and O–H groups in total. The first kappa shape index (κ1) is 20.4. The van der Waals surface area contributed by atoms with Crippen LogP contribution in [0.3, 0.4) is 0 Å². The molecular weight excluding hydrogens is 434 g/mol. The van der Waals surface area contributed by atoms with Crippen molar-refractivity contribution in [1.82, 2.24) is 20.6 Å². The van der Waals surface area contributed by atoms with Gasteiger partial charge in [-0.1, -0.05) is 36.4 Å². The number of nitrogens with zero attached hydrogens (tertiary/aromatic N) is 3. The zero-order valence-electron chi connectivity index (χ0n) is 18.3. The molecule has 1 spiro atoms. The number of piperidine rings is 1. The normalized spacial score (nSPS) is 19.8. The van der Waals surface area contributed by atoms with Crippen LogP contribution in [0.15, 0.2) is 30.3 Å². The van der Waals surface area contributed by atoms with Gasteiger partial charge in [0.1, 0.15) is 16.2 Å². The first-order valence-corrected chi connectivity index (χ1v) is 12.4. The van der Waals surface area contributed by atoms with Gasteiger partial charge in [-0.05, 0) is 55.7 Å². The van der Waals surface area contributed by atoms with Gasteiger partial charge < -0.3 is 10.2 Å². The van der Waals surface area contributed by atoms with E-state index in [0.29, 0.717) is 31.8 Å². The maximum absolute atomic E-state index is 12.4. The Morgan fingerprint density at radius 2 is 1.79 bits per heavy atom. The predicted octanol–water partition coefficient (Wildman–Crippen LogP) is 3.92. The van der Waals surface area contributed by atoms with Gasteiger partial charge >= 0.3 is 6.03 Å². The molecule has 0 unspecified atom stereocenters. The second kappa shape index (κ2) is 7.95. The van der Waals surface area contributed by atoms with Gasteiger partial charge in [0.15, 0.2) is 5.82 Å². The topological polar surface area (TPSA) is 87.2 Å². The van der Waals surface area contributed by atoms with Crippen molar-refractivity contribution < 1.29 is 9.59 Å². The second-order valence-corrected chi connectivity index (χ2v) is 10.1. The molecule has 0 saturated carbocycles. The lowest BCUT2D eigenvalue weighted by molar-refractivity contribution is -0.124. The highest BCUT2D eigenvalue weighted by molar-refractivity contribution is 7.19. The molecule has 7 nitrogen and oxygen atoms in total. The molecule has 6 rings (SSSR count). The largest absolute Gasteiger partial charge is 0.356 e. The van der Waals surface area contributed by atoms with E-state index < -0.39 is 11.6 Å². The summed E-state index contributed by atoms with van der Waals surface area (Å²) in [6, 6.07) is 9.77. The molecular formula is C25H25N5O2S. The van der Waals surface area contributed by atoms with Crippen LogP contribution in [0.1, 0.15) is 47.5 Å². The van der Waals surface area contributed by atoms with Crippen LogP contribution in [0.2, 0.25) is 0 Å². The Morgan fingerprint density at radius 1 is 1.00 bits per heavy atom. The Labute approximate surface area is 195 Å². The van der Waals surface area contributed by atoms with E-state index in [1.54, 1.807) is 11.3 Å². The van der Waals surface area contributed by atoms with Crippen molar-refractivity contribution >= 4 is 51.5 Å². The summed E-state index contributed by atoms with van der Waals surface area (Å²) < 4.78 is 0.